The van der Waals surface area contributed by atoms with E-state index in [4.69, 9.17) is 13.8 Å². The van der Waals surface area contributed by atoms with Gasteiger partial charge in [0.25, 0.3) is 0 Å². The van der Waals surface area contributed by atoms with Gasteiger partial charge in [-0.3, -0.25) is 0 Å². The minimum atomic E-state index is 0.637. The van der Waals surface area contributed by atoms with Crippen molar-refractivity contribution in [1.29, 1.82) is 0 Å². The van der Waals surface area contributed by atoms with Gasteiger partial charge in [0.05, 0.1) is 0 Å². The molecule has 3 nitrogen and oxygen atoms in total. The Morgan fingerprint density at radius 2 is 0.926 bits per heavy atom. The lowest BCUT2D eigenvalue weighted by Gasteiger charge is -2.18. The van der Waals surface area contributed by atoms with Crippen LogP contribution in [0.2, 0.25) is 0 Å². The summed E-state index contributed by atoms with van der Waals surface area (Å²) in [7, 11) is 0. The summed E-state index contributed by atoms with van der Waals surface area (Å²) in [6.07, 6.45) is 0. The third-order valence-corrected chi connectivity index (χ3v) is 11.2. The van der Waals surface area contributed by atoms with E-state index >= 15 is 0 Å². The SMILES string of the molecule is c1ccc(-c2nc3ccc4ccc5cc(-c6c7ccccc7c(-c7ccc8oc9cc%10ccccc%10cc9c8c7)c7ccccc67)ccc5c4c3o2)cc1. The highest BCUT2D eigenvalue weighted by Gasteiger charge is 2.19. The molecule has 0 bridgehead atoms. The third-order valence-electron chi connectivity index (χ3n) is 11.2. The Labute approximate surface area is 309 Å². The Kier molecular flexibility index (Phi) is 6.05. The average Bonchev–Trinajstić information content (AvgIpc) is 3.83. The van der Waals surface area contributed by atoms with Gasteiger partial charge in [-0.15, -0.1) is 0 Å². The number of hydrogen-bond donors (Lipinski definition) is 0. The molecule has 0 saturated heterocycles. The summed E-state index contributed by atoms with van der Waals surface area (Å²) >= 11 is 0. The number of aromatic nitrogens is 1. The standard InChI is InChI=1S/C51H29NO2/c1-2-10-31(11-3-1)51-52-44-24-21-30-18-19-34-26-35(20-23-37(34)49(30)50(44)54-51)47-38-14-6-8-16-40(38)48(41-17-9-7-15-39(41)47)36-22-25-45-42(28-36)43-27-32-12-4-5-13-33(32)29-46(43)53-45/h1-29H. The van der Waals surface area contributed by atoms with E-state index in [1.807, 2.05) is 30.3 Å². The second kappa shape index (κ2) is 11.1. The number of nitrogens with zero attached hydrogens (tertiary/aromatic N) is 1. The van der Waals surface area contributed by atoms with Gasteiger partial charge in [0.15, 0.2) is 5.58 Å². The highest BCUT2D eigenvalue weighted by atomic mass is 16.3. The van der Waals surface area contributed by atoms with Crippen molar-refractivity contribution in [3.05, 3.63) is 176 Å². The van der Waals surface area contributed by atoms with Gasteiger partial charge in [-0.05, 0) is 119 Å². The van der Waals surface area contributed by atoms with Gasteiger partial charge >= 0.3 is 0 Å². The van der Waals surface area contributed by atoms with E-state index in [1.165, 1.54) is 54.6 Å². The van der Waals surface area contributed by atoms with Gasteiger partial charge in [0.2, 0.25) is 5.89 Å². The van der Waals surface area contributed by atoms with Gasteiger partial charge in [0.1, 0.15) is 16.7 Å². The molecule has 0 aliphatic rings. The molecule has 12 rings (SSSR count). The molecule has 0 aliphatic carbocycles. The first-order chi connectivity index (χ1) is 26.7. The highest BCUT2D eigenvalue weighted by Crippen LogP contribution is 2.46. The normalized spacial score (nSPS) is 12.1. The Morgan fingerprint density at radius 1 is 0.333 bits per heavy atom. The molecule has 12 aromatic rings. The fourth-order valence-corrected chi connectivity index (χ4v) is 8.76. The zero-order chi connectivity index (χ0) is 35.3. The molecule has 0 atom stereocenters. The van der Waals surface area contributed by atoms with E-state index in [-0.39, 0.29) is 0 Å². The minimum Gasteiger partial charge on any atom is -0.456 e. The predicted molar refractivity (Wildman–Crippen MR) is 225 cm³/mol. The largest absolute Gasteiger partial charge is 0.456 e. The number of rotatable bonds is 3. The van der Waals surface area contributed by atoms with Crippen LogP contribution in [0.1, 0.15) is 0 Å². The van der Waals surface area contributed by atoms with Crippen LogP contribution in [0.25, 0.3) is 121 Å². The highest BCUT2D eigenvalue weighted by molar-refractivity contribution is 6.24. The van der Waals surface area contributed by atoms with E-state index in [1.54, 1.807) is 0 Å². The molecule has 0 fully saturated rings. The first-order valence-electron chi connectivity index (χ1n) is 18.4. The van der Waals surface area contributed by atoms with Crippen molar-refractivity contribution in [3.63, 3.8) is 0 Å². The minimum absolute atomic E-state index is 0.637. The van der Waals surface area contributed by atoms with Gasteiger partial charge in [-0.25, -0.2) is 4.98 Å². The molecule has 0 saturated carbocycles. The maximum absolute atomic E-state index is 6.51. The van der Waals surface area contributed by atoms with Gasteiger partial charge < -0.3 is 8.83 Å². The van der Waals surface area contributed by atoms with E-state index in [9.17, 15) is 0 Å². The Bertz CT molecular complexity index is 3440. The molecule has 10 aromatic carbocycles. The van der Waals surface area contributed by atoms with Crippen LogP contribution < -0.4 is 0 Å². The lowest BCUT2D eigenvalue weighted by Crippen LogP contribution is -1.91. The van der Waals surface area contributed by atoms with E-state index in [0.29, 0.717) is 5.89 Å². The van der Waals surface area contributed by atoms with Crippen LogP contribution in [-0.4, -0.2) is 4.98 Å². The molecule has 0 radical (unpaired) electrons. The number of benzene rings is 10. The van der Waals surface area contributed by atoms with Crippen LogP contribution in [0.3, 0.4) is 0 Å². The number of fused-ring (bicyclic) bond motifs is 11. The van der Waals surface area contributed by atoms with Crippen LogP contribution >= 0.6 is 0 Å². The molecule has 54 heavy (non-hydrogen) atoms. The smallest absolute Gasteiger partial charge is 0.227 e. The van der Waals surface area contributed by atoms with Gasteiger partial charge in [-0.1, -0.05) is 127 Å². The zero-order valence-electron chi connectivity index (χ0n) is 29.0. The maximum atomic E-state index is 6.51. The number of hydrogen-bond acceptors (Lipinski definition) is 3. The zero-order valence-corrected chi connectivity index (χ0v) is 29.0. The summed E-state index contributed by atoms with van der Waals surface area (Å²) in [4.78, 5) is 4.88. The van der Waals surface area contributed by atoms with Crippen molar-refractivity contribution >= 4 is 86.9 Å². The van der Waals surface area contributed by atoms with Crippen molar-refractivity contribution < 1.29 is 8.83 Å². The number of furan rings is 1. The third kappa shape index (κ3) is 4.27. The van der Waals surface area contributed by atoms with Crippen molar-refractivity contribution in [2.24, 2.45) is 0 Å². The van der Waals surface area contributed by atoms with E-state index < -0.39 is 0 Å². The molecule has 0 unspecified atom stereocenters. The lowest BCUT2D eigenvalue weighted by molar-refractivity contribution is 0.623. The molecule has 2 heterocycles. The van der Waals surface area contributed by atoms with Crippen LogP contribution in [0.15, 0.2) is 185 Å². The van der Waals surface area contributed by atoms with Crippen LogP contribution in [0.4, 0.5) is 0 Å². The Hall–Kier alpha value is -7.23. The lowest BCUT2D eigenvalue weighted by atomic mass is 9.85. The molecular weight excluding hydrogens is 659 g/mol. The monoisotopic (exact) mass is 687 g/mol. The Morgan fingerprint density at radius 3 is 1.67 bits per heavy atom. The molecule has 0 spiro atoms. The summed E-state index contributed by atoms with van der Waals surface area (Å²) in [6.45, 7) is 0. The first kappa shape index (κ1) is 29.4. The molecule has 0 N–H and O–H groups in total. The first-order valence-corrected chi connectivity index (χ1v) is 18.4. The predicted octanol–water partition coefficient (Wildman–Crippen LogP) is 14.5. The summed E-state index contributed by atoms with van der Waals surface area (Å²) in [5.74, 6) is 0.637. The molecule has 3 heteroatoms. The second-order valence-corrected chi connectivity index (χ2v) is 14.2. The molecule has 250 valence electrons. The quantitative estimate of drug-likeness (QED) is 0.137. The summed E-state index contributed by atoms with van der Waals surface area (Å²) in [6, 6.07) is 62.9. The molecule has 2 aromatic heterocycles. The second-order valence-electron chi connectivity index (χ2n) is 14.2. The number of oxazole rings is 1. The Balaban J connectivity index is 1.08. The fourth-order valence-electron chi connectivity index (χ4n) is 8.76. The maximum Gasteiger partial charge on any atom is 0.227 e. The molecular formula is C51H29NO2. The van der Waals surface area contributed by atoms with Crippen molar-refractivity contribution in [2.75, 3.05) is 0 Å². The summed E-state index contributed by atoms with van der Waals surface area (Å²) < 4.78 is 12.9. The van der Waals surface area contributed by atoms with E-state index in [0.717, 1.165) is 60.1 Å². The van der Waals surface area contributed by atoms with Crippen LogP contribution in [0.5, 0.6) is 0 Å². The summed E-state index contributed by atoms with van der Waals surface area (Å²) in [5.41, 5.74) is 9.28. The average molecular weight is 688 g/mol. The van der Waals surface area contributed by atoms with Crippen LogP contribution in [0, 0.1) is 0 Å². The van der Waals surface area contributed by atoms with Crippen molar-refractivity contribution in [1.82, 2.24) is 4.98 Å². The summed E-state index contributed by atoms with van der Waals surface area (Å²) in [5, 5.41) is 14.1. The van der Waals surface area contributed by atoms with Gasteiger partial charge in [-0.2, -0.15) is 0 Å². The topological polar surface area (TPSA) is 39.2 Å². The van der Waals surface area contributed by atoms with Crippen molar-refractivity contribution in [2.45, 2.75) is 0 Å². The van der Waals surface area contributed by atoms with Crippen LogP contribution in [-0.2, 0) is 0 Å². The molecule has 0 amide bonds. The van der Waals surface area contributed by atoms with Crippen molar-refractivity contribution in [3.8, 4) is 33.7 Å². The molecule has 0 aliphatic heterocycles. The fraction of sp³-hybridized carbons (Fsp3) is 0. The van der Waals surface area contributed by atoms with Gasteiger partial charge in [0, 0.05) is 21.7 Å². The van der Waals surface area contributed by atoms with E-state index in [2.05, 4.69) is 146 Å².